The molecule has 1 aliphatic carbocycles. The van der Waals surface area contributed by atoms with Gasteiger partial charge in [-0.3, -0.25) is 14.9 Å². The topological polar surface area (TPSA) is 87.3 Å². The van der Waals surface area contributed by atoms with Crippen molar-refractivity contribution in [2.45, 2.75) is 65.5 Å². The quantitative estimate of drug-likeness (QED) is 0.271. The zero-order valence-electron chi connectivity index (χ0n) is 19.0. The Morgan fingerprint density at radius 1 is 1.19 bits per heavy atom. The molecule has 3 aromatic rings. The number of nitro benzene ring substituents is 1. The van der Waals surface area contributed by atoms with Gasteiger partial charge in [-0.05, 0) is 37.3 Å². The monoisotopic (exact) mass is 437 g/mol. The predicted octanol–water partition coefficient (Wildman–Crippen LogP) is 6.15. The fourth-order valence-corrected chi connectivity index (χ4v) is 4.05. The second-order valence-electron chi connectivity index (χ2n) is 8.41. The highest BCUT2D eigenvalue weighted by Gasteiger charge is 2.24. The average Bonchev–Trinajstić information content (AvgIpc) is 3.13. The normalized spacial score (nSPS) is 18.0. The summed E-state index contributed by atoms with van der Waals surface area (Å²) in [6.07, 6.45) is 5.26. The number of carbonyl (C=O) groups excluding carboxylic acids is 1. The number of aromatic nitrogens is 2. The Kier molecular flexibility index (Phi) is 7.98. The van der Waals surface area contributed by atoms with Gasteiger partial charge in [0.15, 0.2) is 0 Å². The number of carbonyl (C=O) groups is 1. The maximum atomic E-state index is 12.7. The number of para-hydroxylation sites is 2. The number of fused-ring (bicyclic) bond motifs is 1. The van der Waals surface area contributed by atoms with Gasteiger partial charge in [0.1, 0.15) is 18.5 Å². The zero-order chi connectivity index (χ0) is 23.1. The summed E-state index contributed by atoms with van der Waals surface area (Å²) in [7, 11) is 0. The highest BCUT2D eigenvalue weighted by atomic mass is 16.6. The van der Waals surface area contributed by atoms with Crippen LogP contribution in [0, 0.1) is 16.0 Å². The largest absolute Gasteiger partial charge is 0.461 e. The summed E-state index contributed by atoms with van der Waals surface area (Å²) in [6.45, 7) is 6.45. The first-order chi connectivity index (χ1) is 15.4. The third kappa shape index (κ3) is 5.72. The Labute approximate surface area is 188 Å². The molecule has 170 valence electrons. The van der Waals surface area contributed by atoms with Crippen molar-refractivity contribution in [3.63, 3.8) is 0 Å². The summed E-state index contributed by atoms with van der Waals surface area (Å²) in [5.74, 6) is 0.777. The van der Waals surface area contributed by atoms with Gasteiger partial charge in [0, 0.05) is 17.7 Å². The number of esters is 1. The Hall–Kier alpha value is -3.22. The Morgan fingerprint density at radius 3 is 2.66 bits per heavy atom. The van der Waals surface area contributed by atoms with Crippen LogP contribution in [0.15, 0.2) is 48.5 Å². The van der Waals surface area contributed by atoms with Crippen LogP contribution >= 0.6 is 0 Å². The molecule has 0 saturated heterocycles. The number of rotatable bonds is 5. The highest BCUT2D eigenvalue weighted by Crippen LogP contribution is 2.29. The summed E-state index contributed by atoms with van der Waals surface area (Å²) in [5, 5.41) is 11.2. The van der Waals surface area contributed by atoms with Gasteiger partial charge in [0.05, 0.1) is 16.0 Å². The lowest BCUT2D eigenvalue weighted by Gasteiger charge is -2.26. The second kappa shape index (κ2) is 10.9. The second-order valence-corrected chi connectivity index (χ2v) is 8.41. The maximum Gasteiger partial charge on any atom is 0.326 e. The number of hydrogen-bond donors (Lipinski definition) is 0. The van der Waals surface area contributed by atoms with Crippen molar-refractivity contribution in [1.29, 1.82) is 0 Å². The van der Waals surface area contributed by atoms with Gasteiger partial charge in [0.2, 0.25) is 0 Å². The zero-order valence-corrected chi connectivity index (χ0v) is 19.0. The number of ether oxygens (including phenoxy) is 1. The van der Waals surface area contributed by atoms with E-state index in [4.69, 9.17) is 4.74 Å². The summed E-state index contributed by atoms with van der Waals surface area (Å²) in [6, 6.07) is 13.8. The van der Waals surface area contributed by atoms with E-state index in [2.05, 4.69) is 25.8 Å². The fourth-order valence-electron chi connectivity index (χ4n) is 4.05. The van der Waals surface area contributed by atoms with Crippen LogP contribution in [-0.2, 0) is 16.1 Å². The molecule has 2 atom stereocenters. The molecule has 7 nitrogen and oxygen atoms in total. The van der Waals surface area contributed by atoms with Crippen LogP contribution in [0.4, 0.5) is 5.69 Å². The van der Waals surface area contributed by atoms with E-state index in [9.17, 15) is 14.9 Å². The number of non-ortho nitro benzene ring substituents is 1. The van der Waals surface area contributed by atoms with Crippen molar-refractivity contribution in [3.8, 4) is 11.4 Å². The molecule has 32 heavy (non-hydrogen) atoms. The third-order valence-electron chi connectivity index (χ3n) is 5.44. The van der Waals surface area contributed by atoms with Gasteiger partial charge in [-0.25, -0.2) is 4.98 Å². The molecule has 0 radical (unpaired) electrons. The van der Waals surface area contributed by atoms with E-state index in [1.54, 1.807) is 16.7 Å². The molecule has 1 fully saturated rings. The Bertz CT molecular complexity index is 1080. The van der Waals surface area contributed by atoms with Crippen molar-refractivity contribution < 1.29 is 14.5 Å². The van der Waals surface area contributed by atoms with Gasteiger partial charge in [-0.15, -0.1) is 0 Å². The lowest BCUT2D eigenvalue weighted by atomic mass is 9.89. The van der Waals surface area contributed by atoms with Gasteiger partial charge >= 0.3 is 5.97 Å². The number of nitrogens with zero attached hydrogens (tertiary/aromatic N) is 3. The van der Waals surface area contributed by atoms with Gasteiger partial charge < -0.3 is 9.30 Å². The molecular formula is C25H31N3O4. The fraction of sp³-hybridized carbons (Fsp3) is 0.440. The third-order valence-corrected chi connectivity index (χ3v) is 5.44. The molecule has 1 aliphatic rings. The van der Waals surface area contributed by atoms with Gasteiger partial charge in [-0.1, -0.05) is 57.9 Å². The highest BCUT2D eigenvalue weighted by molar-refractivity contribution is 5.83. The Morgan fingerprint density at radius 2 is 1.94 bits per heavy atom. The van der Waals surface area contributed by atoms with Crippen molar-refractivity contribution in [2.24, 2.45) is 5.92 Å². The predicted molar refractivity (Wildman–Crippen MR) is 125 cm³/mol. The molecule has 1 heterocycles. The van der Waals surface area contributed by atoms with Crippen LogP contribution < -0.4 is 0 Å². The molecule has 0 bridgehead atoms. The van der Waals surface area contributed by atoms with Crippen molar-refractivity contribution >= 4 is 22.7 Å². The minimum atomic E-state index is -0.436. The smallest absolute Gasteiger partial charge is 0.326 e. The number of hydrogen-bond acceptors (Lipinski definition) is 5. The van der Waals surface area contributed by atoms with Crippen LogP contribution in [0.3, 0.4) is 0 Å². The minimum Gasteiger partial charge on any atom is -0.461 e. The minimum absolute atomic E-state index is 0.0140. The first-order valence-electron chi connectivity index (χ1n) is 11.3. The number of benzene rings is 2. The first kappa shape index (κ1) is 23.4. The first-order valence-corrected chi connectivity index (χ1v) is 11.3. The lowest BCUT2D eigenvalue weighted by Crippen LogP contribution is -2.26. The molecule has 0 spiro atoms. The Balaban J connectivity index is 0.000000913. The van der Waals surface area contributed by atoms with E-state index in [0.717, 1.165) is 30.3 Å². The molecule has 0 N–H and O–H groups in total. The molecule has 4 rings (SSSR count). The summed E-state index contributed by atoms with van der Waals surface area (Å²) < 4.78 is 7.52. The summed E-state index contributed by atoms with van der Waals surface area (Å²) >= 11 is 0. The summed E-state index contributed by atoms with van der Waals surface area (Å²) in [5.41, 5.74) is 2.10. The molecule has 2 aromatic carbocycles. The molecule has 7 heteroatoms. The standard InChI is InChI=1S/C22H23N3O4.C3H8/c1-15-6-4-9-18(12-15)29-21(26)14-24-20-11-3-2-10-19(20)23-22(24)16-7-5-8-17(13-16)25(27)28;1-3-2/h2-3,5,7-8,10-11,13,15,18H,4,6,9,12,14H2,1H3;3H2,1-2H3. The molecule has 2 unspecified atom stereocenters. The van der Waals surface area contributed by atoms with E-state index >= 15 is 0 Å². The molecular weight excluding hydrogens is 406 g/mol. The van der Waals surface area contributed by atoms with Crippen LogP contribution in [0.5, 0.6) is 0 Å². The van der Waals surface area contributed by atoms with E-state index in [1.165, 1.54) is 25.0 Å². The SMILES string of the molecule is CC1CCCC(OC(=O)Cn2c(-c3cccc([N+](=O)[O-])c3)nc3ccccc32)C1.CCC. The van der Waals surface area contributed by atoms with E-state index in [-0.39, 0.29) is 24.3 Å². The molecule has 1 aromatic heterocycles. The summed E-state index contributed by atoms with van der Waals surface area (Å²) in [4.78, 5) is 28.1. The van der Waals surface area contributed by atoms with Crippen molar-refractivity contribution in [1.82, 2.24) is 9.55 Å². The molecule has 0 amide bonds. The lowest BCUT2D eigenvalue weighted by molar-refractivity contribution is -0.384. The van der Waals surface area contributed by atoms with Crippen LogP contribution in [0.25, 0.3) is 22.4 Å². The average molecular weight is 438 g/mol. The van der Waals surface area contributed by atoms with Crippen LogP contribution in [-0.4, -0.2) is 26.5 Å². The van der Waals surface area contributed by atoms with Crippen molar-refractivity contribution in [3.05, 3.63) is 58.6 Å². The van der Waals surface area contributed by atoms with Gasteiger partial charge in [0.25, 0.3) is 5.69 Å². The van der Waals surface area contributed by atoms with Crippen molar-refractivity contribution in [2.75, 3.05) is 0 Å². The van der Waals surface area contributed by atoms with E-state index in [0.29, 0.717) is 17.3 Å². The van der Waals surface area contributed by atoms with Crippen LogP contribution in [0.2, 0.25) is 0 Å². The molecule has 0 aliphatic heterocycles. The van der Waals surface area contributed by atoms with Gasteiger partial charge in [-0.2, -0.15) is 0 Å². The molecule has 1 saturated carbocycles. The number of imidazole rings is 1. The maximum absolute atomic E-state index is 12.7. The van der Waals surface area contributed by atoms with E-state index < -0.39 is 4.92 Å². The van der Waals surface area contributed by atoms with Crippen LogP contribution in [0.1, 0.15) is 52.9 Å². The van der Waals surface area contributed by atoms with E-state index in [1.807, 2.05) is 24.3 Å². The number of nitro groups is 1.